The van der Waals surface area contributed by atoms with Crippen LogP contribution in [0, 0.1) is 6.92 Å². The number of hydrogen-bond donors (Lipinski definition) is 2. The van der Waals surface area contributed by atoms with E-state index in [-0.39, 0.29) is 11.9 Å². The molecule has 2 heterocycles. The normalized spacial score (nSPS) is 17.0. The third-order valence-corrected chi connectivity index (χ3v) is 4.05. The van der Waals surface area contributed by atoms with E-state index in [2.05, 4.69) is 40.0 Å². The zero-order valence-corrected chi connectivity index (χ0v) is 12.9. The van der Waals surface area contributed by atoms with Gasteiger partial charge < -0.3 is 10.6 Å². The van der Waals surface area contributed by atoms with Crippen molar-refractivity contribution in [3.05, 3.63) is 53.3 Å². The van der Waals surface area contributed by atoms with Crippen LogP contribution in [0.25, 0.3) is 0 Å². The number of carbonyl (C=O) groups is 1. The first-order chi connectivity index (χ1) is 10.7. The monoisotopic (exact) mass is 298 g/mol. The van der Waals surface area contributed by atoms with Gasteiger partial charge in [-0.3, -0.25) is 9.48 Å². The largest absolute Gasteiger partial charge is 0.354 e. The van der Waals surface area contributed by atoms with Crippen LogP contribution in [0.2, 0.25) is 0 Å². The van der Waals surface area contributed by atoms with E-state index in [1.807, 2.05) is 17.8 Å². The molecule has 2 aromatic rings. The van der Waals surface area contributed by atoms with Gasteiger partial charge in [0, 0.05) is 31.7 Å². The van der Waals surface area contributed by atoms with Crippen LogP contribution in [-0.4, -0.2) is 28.8 Å². The SMILES string of the molecule is Cc1cnn(CCC(=O)NCC2NCCc3ccccc32)c1. The van der Waals surface area contributed by atoms with E-state index in [1.165, 1.54) is 11.1 Å². The van der Waals surface area contributed by atoms with Crippen LogP contribution in [0.3, 0.4) is 0 Å². The van der Waals surface area contributed by atoms with Gasteiger partial charge in [-0.15, -0.1) is 0 Å². The lowest BCUT2D eigenvalue weighted by Crippen LogP contribution is -2.39. The molecule has 0 radical (unpaired) electrons. The maximum atomic E-state index is 12.0. The number of nitrogens with zero attached hydrogens (tertiary/aromatic N) is 2. The molecule has 116 valence electrons. The second kappa shape index (κ2) is 6.75. The van der Waals surface area contributed by atoms with Gasteiger partial charge in [-0.05, 0) is 36.6 Å². The number of benzene rings is 1. The maximum absolute atomic E-state index is 12.0. The van der Waals surface area contributed by atoms with Crippen molar-refractivity contribution in [2.45, 2.75) is 32.4 Å². The van der Waals surface area contributed by atoms with E-state index in [0.29, 0.717) is 19.5 Å². The van der Waals surface area contributed by atoms with E-state index in [0.717, 1.165) is 18.5 Å². The lowest BCUT2D eigenvalue weighted by molar-refractivity contribution is -0.121. The molecule has 5 nitrogen and oxygen atoms in total. The first-order valence-electron chi connectivity index (χ1n) is 7.79. The number of amides is 1. The Balaban J connectivity index is 1.49. The Bertz CT molecular complexity index is 650. The molecule has 1 amide bonds. The predicted molar refractivity (Wildman–Crippen MR) is 85.5 cm³/mol. The highest BCUT2D eigenvalue weighted by molar-refractivity contribution is 5.75. The highest BCUT2D eigenvalue weighted by Crippen LogP contribution is 2.21. The molecule has 1 aliphatic rings. The van der Waals surface area contributed by atoms with Crippen molar-refractivity contribution in [2.75, 3.05) is 13.1 Å². The molecule has 0 aliphatic carbocycles. The number of hydrogen-bond acceptors (Lipinski definition) is 3. The molecule has 1 aromatic carbocycles. The topological polar surface area (TPSA) is 59.0 Å². The summed E-state index contributed by atoms with van der Waals surface area (Å²) in [6.07, 6.45) is 5.27. The van der Waals surface area contributed by atoms with Gasteiger partial charge in [-0.25, -0.2) is 0 Å². The highest BCUT2D eigenvalue weighted by atomic mass is 16.1. The lowest BCUT2D eigenvalue weighted by Gasteiger charge is -2.27. The van der Waals surface area contributed by atoms with Crippen LogP contribution in [-0.2, 0) is 17.8 Å². The summed E-state index contributed by atoms with van der Waals surface area (Å²) >= 11 is 0. The average molecular weight is 298 g/mol. The van der Waals surface area contributed by atoms with Crippen molar-refractivity contribution in [2.24, 2.45) is 0 Å². The van der Waals surface area contributed by atoms with Crippen LogP contribution in [0.4, 0.5) is 0 Å². The lowest BCUT2D eigenvalue weighted by atomic mass is 9.94. The standard InChI is InChI=1S/C17H22N4O/c1-13-10-20-21(12-13)9-7-17(22)19-11-16-15-5-3-2-4-14(15)6-8-18-16/h2-5,10,12,16,18H,6-9,11H2,1H3,(H,19,22). The fourth-order valence-electron chi connectivity index (χ4n) is 2.88. The summed E-state index contributed by atoms with van der Waals surface area (Å²) in [4.78, 5) is 12.0. The second-order valence-corrected chi connectivity index (χ2v) is 5.79. The third kappa shape index (κ3) is 3.54. The molecule has 1 unspecified atom stereocenters. The summed E-state index contributed by atoms with van der Waals surface area (Å²) in [6, 6.07) is 8.66. The van der Waals surface area contributed by atoms with Gasteiger partial charge in [0.05, 0.1) is 6.20 Å². The molecule has 5 heteroatoms. The minimum absolute atomic E-state index is 0.0676. The quantitative estimate of drug-likeness (QED) is 0.881. The van der Waals surface area contributed by atoms with E-state index < -0.39 is 0 Å². The van der Waals surface area contributed by atoms with Crippen LogP contribution in [0.15, 0.2) is 36.7 Å². The fraction of sp³-hybridized carbons (Fsp3) is 0.412. The molecule has 0 saturated carbocycles. The average Bonchev–Trinajstić information content (AvgIpc) is 2.96. The zero-order valence-electron chi connectivity index (χ0n) is 12.9. The van der Waals surface area contributed by atoms with E-state index in [9.17, 15) is 4.79 Å². The van der Waals surface area contributed by atoms with Gasteiger partial charge in [-0.2, -0.15) is 5.10 Å². The molecule has 1 aromatic heterocycles. The van der Waals surface area contributed by atoms with Crippen molar-refractivity contribution in [1.29, 1.82) is 0 Å². The Kier molecular flexibility index (Phi) is 4.53. The van der Waals surface area contributed by atoms with Gasteiger partial charge in [-0.1, -0.05) is 24.3 Å². The van der Waals surface area contributed by atoms with Gasteiger partial charge in [0.15, 0.2) is 0 Å². The first kappa shape index (κ1) is 14.8. The minimum atomic E-state index is 0.0676. The van der Waals surface area contributed by atoms with Gasteiger partial charge in [0.25, 0.3) is 0 Å². The van der Waals surface area contributed by atoms with Gasteiger partial charge in [0.1, 0.15) is 0 Å². The van der Waals surface area contributed by atoms with E-state index >= 15 is 0 Å². The molecule has 3 rings (SSSR count). The molecule has 0 fully saturated rings. The Morgan fingerprint density at radius 3 is 3.14 bits per heavy atom. The maximum Gasteiger partial charge on any atom is 0.221 e. The molecular formula is C17H22N4O. The third-order valence-electron chi connectivity index (χ3n) is 4.05. The van der Waals surface area contributed by atoms with Crippen molar-refractivity contribution >= 4 is 5.91 Å². The summed E-state index contributed by atoms with van der Waals surface area (Å²) in [5.74, 6) is 0.0676. The van der Waals surface area contributed by atoms with Crippen LogP contribution >= 0.6 is 0 Å². The predicted octanol–water partition coefficient (Wildman–Crippen LogP) is 1.58. The van der Waals surface area contributed by atoms with Crippen molar-refractivity contribution in [3.8, 4) is 0 Å². The second-order valence-electron chi connectivity index (χ2n) is 5.79. The van der Waals surface area contributed by atoms with Crippen molar-refractivity contribution < 1.29 is 4.79 Å². The van der Waals surface area contributed by atoms with Crippen molar-refractivity contribution in [1.82, 2.24) is 20.4 Å². The summed E-state index contributed by atoms with van der Waals surface area (Å²) in [5, 5.41) is 10.7. The van der Waals surface area contributed by atoms with E-state index in [4.69, 9.17) is 0 Å². The zero-order chi connectivity index (χ0) is 15.4. The number of fused-ring (bicyclic) bond motifs is 1. The van der Waals surface area contributed by atoms with Gasteiger partial charge in [0.2, 0.25) is 5.91 Å². The molecule has 0 saturated heterocycles. The summed E-state index contributed by atoms with van der Waals surface area (Å²) in [5.41, 5.74) is 3.80. The summed E-state index contributed by atoms with van der Waals surface area (Å²) < 4.78 is 1.81. The number of aromatic nitrogens is 2. The molecular weight excluding hydrogens is 276 g/mol. The molecule has 2 N–H and O–H groups in total. The van der Waals surface area contributed by atoms with Crippen LogP contribution < -0.4 is 10.6 Å². The van der Waals surface area contributed by atoms with E-state index in [1.54, 1.807) is 6.20 Å². The Labute approximate surface area is 130 Å². The first-order valence-corrected chi connectivity index (χ1v) is 7.79. The molecule has 1 aliphatic heterocycles. The molecule has 0 spiro atoms. The summed E-state index contributed by atoms with van der Waals surface area (Å²) in [7, 11) is 0. The Hall–Kier alpha value is -2.14. The highest BCUT2D eigenvalue weighted by Gasteiger charge is 2.19. The number of aryl methyl sites for hydroxylation is 2. The van der Waals surface area contributed by atoms with Crippen LogP contribution in [0.1, 0.15) is 29.2 Å². The van der Waals surface area contributed by atoms with Crippen LogP contribution in [0.5, 0.6) is 0 Å². The Morgan fingerprint density at radius 1 is 1.45 bits per heavy atom. The number of rotatable bonds is 5. The number of carbonyl (C=O) groups excluding carboxylic acids is 1. The Morgan fingerprint density at radius 2 is 2.32 bits per heavy atom. The summed E-state index contributed by atoms with van der Waals surface area (Å²) in [6.45, 7) is 4.21. The van der Waals surface area contributed by atoms with Gasteiger partial charge >= 0.3 is 0 Å². The molecule has 0 bridgehead atoms. The smallest absolute Gasteiger partial charge is 0.221 e. The fourth-order valence-corrected chi connectivity index (χ4v) is 2.88. The minimum Gasteiger partial charge on any atom is -0.354 e. The van der Waals surface area contributed by atoms with Crippen molar-refractivity contribution in [3.63, 3.8) is 0 Å². The molecule has 22 heavy (non-hydrogen) atoms. The number of nitrogens with one attached hydrogen (secondary N) is 2. The molecule has 1 atom stereocenters.